The highest BCUT2D eigenvalue weighted by molar-refractivity contribution is 5.20. The van der Waals surface area contributed by atoms with Gasteiger partial charge in [-0.05, 0) is 25.0 Å². The molecule has 1 atom stereocenters. The Morgan fingerprint density at radius 1 is 1.33 bits per heavy atom. The molecule has 6 nitrogen and oxygen atoms in total. The second-order valence-electron chi connectivity index (χ2n) is 4.92. The van der Waals surface area contributed by atoms with Crippen molar-refractivity contribution in [1.29, 1.82) is 0 Å². The second-order valence-corrected chi connectivity index (χ2v) is 4.92. The first-order chi connectivity index (χ1) is 10.3. The quantitative estimate of drug-likeness (QED) is 0.541. The minimum atomic E-state index is 0.119. The number of aromatic nitrogens is 3. The molecule has 1 aromatic heterocycles. The van der Waals surface area contributed by atoms with Gasteiger partial charge in [0.25, 0.3) is 0 Å². The van der Waals surface area contributed by atoms with Crippen LogP contribution in [0.1, 0.15) is 25.6 Å². The molecule has 0 aliphatic carbocycles. The molecule has 0 fully saturated rings. The molecule has 6 heteroatoms. The van der Waals surface area contributed by atoms with Crippen LogP contribution in [-0.4, -0.2) is 27.4 Å². The Morgan fingerprint density at radius 3 is 2.86 bits per heavy atom. The summed E-state index contributed by atoms with van der Waals surface area (Å²) in [4.78, 5) is 4.30. The second kappa shape index (κ2) is 8.39. The molecule has 0 saturated carbocycles. The molecule has 114 valence electrons. The average molecular weight is 289 g/mol. The SMILES string of the molecule is CCCn1ncnc1CC(CCOc1ccccc1)NN. The van der Waals surface area contributed by atoms with E-state index in [1.54, 1.807) is 6.33 Å². The van der Waals surface area contributed by atoms with Crippen LogP contribution >= 0.6 is 0 Å². The Labute approximate surface area is 125 Å². The third kappa shape index (κ3) is 4.84. The Hall–Kier alpha value is -1.92. The number of hydrazine groups is 1. The number of hydrogen-bond acceptors (Lipinski definition) is 5. The maximum Gasteiger partial charge on any atom is 0.138 e. The first kappa shape index (κ1) is 15.5. The normalized spacial score (nSPS) is 12.3. The first-order valence-electron chi connectivity index (χ1n) is 7.34. The van der Waals surface area contributed by atoms with Crippen LogP contribution in [0.3, 0.4) is 0 Å². The third-order valence-corrected chi connectivity index (χ3v) is 3.27. The van der Waals surface area contributed by atoms with Gasteiger partial charge in [0.15, 0.2) is 0 Å². The van der Waals surface area contributed by atoms with E-state index in [-0.39, 0.29) is 6.04 Å². The fraction of sp³-hybridized carbons (Fsp3) is 0.467. The summed E-state index contributed by atoms with van der Waals surface area (Å²) in [6.45, 7) is 3.62. The number of nitrogens with one attached hydrogen (secondary N) is 1. The predicted octanol–water partition coefficient (Wildman–Crippen LogP) is 1.53. The van der Waals surface area contributed by atoms with E-state index in [2.05, 4.69) is 22.4 Å². The van der Waals surface area contributed by atoms with Crippen LogP contribution in [0.2, 0.25) is 0 Å². The van der Waals surface area contributed by atoms with Crippen molar-refractivity contribution in [2.75, 3.05) is 6.61 Å². The van der Waals surface area contributed by atoms with E-state index in [4.69, 9.17) is 10.6 Å². The van der Waals surface area contributed by atoms with E-state index in [1.807, 2.05) is 35.0 Å². The van der Waals surface area contributed by atoms with Crippen molar-refractivity contribution >= 4 is 0 Å². The lowest BCUT2D eigenvalue weighted by atomic mass is 10.1. The lowest BCUT2D eigenvalue weighted by Crippen LogP contribution is -2.38. The Balaban J connectivity index is 1.81. The van der Waals surface area contributed by atoms with Crippen molar-refractivity contribution in [3.05, 3.63) is 42.5 Å². The summed E-state index contributed by atoms with van der Waals surface area (Å²) in [7, 11) is 0. The lowest BCUT2D eigenvalue weighted by molar-refractivity contribution is 0.283. The monoisotopic (exact) mass is 289 g/mol. The number of nitrogens with zero attached hydrogens (tertiary/aromatic N) is 3. The van der Waals surface area contributed by atoms with E-state index >= 15 is 0 Å². The van der Waals surface area contributed by atoms with Gasteiger partial charge in [0.2, 0.25) is 0 Å². The molecule has 0 bridgehead atoms. The van der Waals surface area contributed by atoms with Gasteiger partial charge in [-0.3, -0.25) is 16.0 Å². The maximum atomic E-state index is 5.70. The zero-order valence-corrected chi connectivity index (χ0v) is 12.4. The molecule has 0 aliphatic rings. The molecule has 0 radical (unpaired) electrons. The van der Waals surface area contributed by atoms with Crippen molar-refractivity contribution in [2.24, 2.45) is 5.84 Å². The Bertz CT molecular complexity index is 514. The number of nitrogens with two attached hydrogens (primary N) is 1. The topological polar surface area (TPSA) is 78.0 Å². The number of para-hydroxylation sites is 1. The molecule has 1 unspecified atom stereocenters. The molecular formula is C15H23N5O. The number of aryl methyl sites for hydroxylation is 1. The van der Waals surface area contributed by atoms with Crippen LogP contribution in [0, 0.1) is 0 Å². The number of rotatable bonds is 9. The molecule has 1 aromatic carbocycles. The molecule has 21 heavy (non-hydrogen) atoms. The number of benzene rings is 1. The highest BCUT2D eigenvalue weighted by Crippen LogP contribution is 2.10. The maximum absolute atomic E-state index is 5.70. The van der Waals surface area contributed by atoms with Gasteiger partial charge in [0.1, 0.15) is 17.9 Å². The summed E-state index contributed by atoms with van der Waals surface area (Å²) in [5.74, 6) is 7.46. The van der Waals surface area contributed by atoms with E-state index in [1.165, 1.54) is 0 Å². The Morgan fingerprint density at radius 2 is 2.14 bits per heavy atom. The average Bonchev–Trinajstić information content (AvgIpc) is 2.95. The smallest absolute Gasteiger partial charge is 0.138 e. The van der Waals surface area contributed by atoms with Gasteiger partial charge in [-0.1, -0.05) is 25.1 Å². The van der Waals surface area contributed by atoms with Gasteiger partial charge in [-0.15, -0.1) is 0 Å². The summed E-state index contributed by atoms with van der Waals surface area (Å²) < 4.78 is 7.63. The van der Waals surface area contributed by atoms with Gasteiger partial charge < -0.3 is 4.74 Å². The van der Waals surface area contributed by atoms with Gasteiger partial charge >= 0.3 is 0 Å². The fourth-order valence-corrected chi connectivity index (χ4v) is 2.15. The van der Waals surface area contributed by atoms with Crippen LogP contribution < -0.4 is 16.0 Å². The van der Waals surface area contributed by atoms with E-state index in [0.717, 1.165) is 37.4 Å². The standard InChI is InChI=1S/C15H23N5O/c1-2-9-20-15(17-12-18-20)11-13(19-16)8-10-21-14-6-4-3-5-7-14/h3-7,12-13,19H,2,8-11,16H2,1H3. The minimum Gasteiger partial charge on any atom is -0.494 e. The van der Waals surface area contributed by atoms with Gasteiger partial charge in [-0.25, -0.2) is 4.98 Å². The molecule has 0 aliphatic heterocycles. The number of hydrogen-bond donors (Lipinski definition) is 2. The molecule has 3 N–H and O–H groups in total. The van der Waals surface area contributed by atoms with E-state index in [9.17, 15) is 0 Å². The zero-order valence-electron chi connectivity index (χ0n) is 12.4. The van der Waals surface area contributed by atoms with Gasteiger partial charge in [0.05, 0.1) is 6.61 Å². The van der Waals surface area contributed by atoms with E-state index in [0.29, 0.717) is 6.61 Å². The minimum absolute atomic E-state index is 0.119. The highest BCUT2D eigenvalue weighted by Gasteiger charge is 2.12. The third-order valence-electron chi connectivity index (χ3n) is 3.27. The molecule has 0 spiro atoms. The van der Waals surface area contributed by atoms with Gasteiger partial charge in [0, 0.05) is 19.0 Å². The van der Waals surface area contributed by atoms with Crippen LogP contribution in [0.15, 0.2) is 36.7 Å². The van der Waals surface area contributed by atoms with Crippen molar-refractivity contribution in [3.63, 3.8) is 0 Å². The summed E-state index contributed by atoms with van der Waals surface area (Å²) in [5.41, 5.74) is 2.83. The van der Waals surface area contributed by atoms with Crippen LogP contribution in [0.4, 0.5) is 0 Å². The summed E-state index contributed by atoms with van der Waals surface area (Å²) in [6.07, 6.45) is 4.19. The Kier molecular flexibility index (Phi) is 6.18. The summed E-state index contributed by atoms with van der Waals surface area (Å²) in [6, 6.07) is 9.90. The largest absolute Gasteiger partial charge is 0.494 e. The van der Waals surface area contributed by atoms with Crippen molar-refractivity contribution < 1.29 is 4.74 Å². The molecular weight excluding hydrogens is 266 g/mol. The highest BCUT2D eigenvalue weighted by atomic mass is 16.5. The van der Waals surface area contributed by atoms with E-state index < -0.39 is 0 Å². The summed E-state index contributed by atoms with van der Waals surface area (Å²) >= 11 is 0. The van der Waals surface area contributed by atoms with Crippen molar-refractivity contribution in [2.45, 2.75) is 38.8 Å². The molecule has 0 saturated heterocycles. The molecule has 2 aromatic rings. The van der Waals surface area contributed by atoms with Crippen LogP contribution in [0.25, 0.3) is 0 Å². The zero-order chi connectivity index (χ0) is 14.9. The van der Waals surface area contributed by atoms with Crippen molar-refractivity contribution in [1.82, 2.24) is 20.2 Å². The fourth-order valence-electron chi connectivity index (χ4n) is 2.15. The van der Waals surface area contributed by atoms with Crippen LogP contribution in [0.5, 0.6) is 5.75 Å². The first-order valence-corrected chi connectivity index (χ1v) is 7.34. The molecule has 2 rings (SSSR count). The van der Waals surface area contributed by atoms with Crippen molar-refractivity contribution in [3.8, 4) is 5.75 Å². The molecule has 0 amide bonds. The number of ether oxygens (including phenoxy) is 1. The predicted molar refractivity (Wildman–Crippen MR) is 81.7 cm³/mol. The molecule has 1 heterocycles. The summed E-state index contributed by atoms with van der Waals surface area (Å²) in [5, 5.41) is 4.23. The van der Waals surface area contributed by atoms with Gasteiger partial charge in [-0.2, -0.15) is 5.10 Å². The lowest BCUT2D eigenvalue weighted by Gasteiger charge is -2.16. The van der Waals surface area contributed by atoms with Crippen LogP contribution in [-0.2, 0) is 13.0 Å².